The van der Waals surface area contributed by atoms with E-state index in [1.165, 1.54) is 0 Å². The highest BCUT2D eigenvalue weighted by Crippen LogP contribution is 2.38. The summed E-state index contributed by atoms with van der Waals surface area (Å²) in [7, 11) is 0.151. The van der Waals surface area contributed by atoms with E-state index in [2.05, 4.69) is 46.2 Å². The van der Waals surface area contributed by atoms with Gasteiger partial charge in [0.1, 0.15) is 0 Å². The molecule has 0 bridgehead atoms. The first-order valence-electron chi connectivity index (χ1n) is 6.25. The van der Waals surface area contributed by atoms with Gasteiger partial charge in [-0.15, -0.1) is 0 Å². The molecule has 1 aliphatic heterocycles. The van der Waals surface area contributed by atoms with Crippen LogP contribution in [0, 0.1) is 0 Å². The maximum absolute atomic E-state index is 11.3. The van der Waals surface area contributed by atoms with Crippen molar-refractivity contribution in [3.63, 3.8) is 0 Å². The van der Waals surface area contributed by atoms with Gasteiger partial charge in [0, 0.05) is 13.5 Å². The van der Waals surface area contributed by atoms with Crippen LogP contribution < -0.4 is 5.43 Å². The van der Waals surface area contributed by atoms with Crippen molar-refractivity contribution in [1.29, 1.82) is 0 Å². The van der Waals surface area contributed by atoms with Crippen molar-refractivity contribution in [3.8, 4) is 0 Å². The maximum Gasteiger partial charge on any atom is 0.236 e. The molecule has 17 heavy (non-hydrogen) atoms. The first-order valence-corrected chi connectivity index (χ1v) is 9.15. The normalized spacial score (nSPS) is 24.9. The Bertz CT molecular complexity index is 299. The van der Waals surface area contributed by atoms with Crippen molar-refractivity contribution in [2.45, 2.75) is 64.4 Å². The van der Waals surface area contributed by atoms with Gasteiger partial charge in [-0.25, -0.2) is 5.01 Å². The van der Waals surface area contributed by atoms with Gasteiger partial charge in [0.05, 0.1) is 12.1 Å². The smallest absolute Gasteiger partial charge is 0.236 e. The lowest BCUT2D eigenvalue weighted by Crippen LogP contribution is -2.49. The molecule has 1 N–H and O–H groups in total. The van der Waals surface area contributed by atoms with Gasteiger partial charge in [0.25, 0.3) is 0 Å². The van der Waals surface area contributed by atoms with E-state index < -0.39 is 8.32 Å². The SMILES string of the molecule is C[C@H](O[Si](C)(C)C(C)(C)C)[C@H]1CC(=O)NN1C. The van der Waals surface area contributed by atoms with Gasteiger partial charge in [-0.2, -0.15) is 0 Å². The summed E-state index contributed by atoms with van der Waals surface area (Å²) >= 11 is 0. The second-order valence-electron chi connectivity index (χ2n) is 6.50. The number of nitrogens with zero attached hydrogens (tertiary/aromatic N) is 1. The highest BCUT2D eigenvalue weighted by molar-refractivity contribution is 6.74. The van der Waals surface area contributed by atoms with Gasteiger partial charge in [-0.3, -0.25) is 10.2 Å². The average Bonchev–Trinajstić information content (AvgIpc) is 2.42. The van der Waals surface area contributed by atoms with E-state index in [1.807, 2.05) is 12.1 Å². The Morgan fingerprint density at radius 2 is 2.00 bits per heavy atom. The lowest BCUT2D eigenvalue weighted by atomic mass is 10.1. The van der Waals surface area contributed by atoms with Crippen LogP contribution in [0.15, 0.2) is 0 Å². The number of carbonyl (C=O) groups excluding carboxylic acids is 1. The minimum absolute atomic E-state index is 0.0832. The van der Waals surface area contributed by atoms with Crippen molar-refractivity contribution < 1.29 is 9.22 Å². The number of hydrogen-bond donors (Lipinski definition) is 1. The number of rotatable bonds is 3. The fourth-order valence-electron chi connectivity index (χ4n) is 1.85. The lowest BCUT2D eigenvalue weighted by molar-refractivity contribution is -0.120. The van der Waals surface area contributed by atoms with E-state index in [-0.39, 0.29) is 23.1 Å². The molecule has 5 heteroatoms. The summed E-state index contributed by atoms with van der Waals surface area (Å²) in [5.41, 5.74) is 2.80. The van der Waals surface area contributed by atoms with Crippen molar-refractivity contribution in [1.82, 2.24) is 10.4 Å². The lowest BCUT2D eigenvalue weighted by Gasteiger charge is -2.40. The highest BCUT2D eigenvalue weighted by atomic mass is 28.4. The van der Waals surface area contributed by atoms with Crippen LogP contribution in [0.25, 0.3) is 0 Å². The number of carbonyl (C=O) groups is 1. The van der Waals surface area contributed by atoms with Crippen molar-refractivity contribution in [3.05, 3.63) is 0 Å². The van der Waals surface area contributed by atoms with Crippen LogP contribution in [0.3, 0.4) is 0 Å². The summed E-state index contributed by atoms with van der Waals surface area (Å²) in [6.07, 6.45) is 0.617. The first kappa shape index (κ1) is 14.7. The maximum atomic E-state index is 11.3. The molecule has 1 fully saturated rings. The number of nitrogens with one attached hydrogen (secondary N) is 1. The third-order valence-corrected chi connectivity index (χ3v) is 8.60. The Kier molecular flexibility index (Phi) is 4.06. The average molecular weight is 258 g/mol. The first-order chi connectivity index (χ1) is 7.54. The molecule has 0 aliphatic carbocycles. The molecule has 0 aromatic heterocycles. The second kappa shape index (κ2) is 4.70. The van der Waals surface area contributed by atoms with Crippen LogP contribution >= 0.6 is 0 Å². The van der Waals surface area contributed by atoms with Crippen LogP contribution in [-0.2, 0) is 9.22 Å². The van der Waals surface area contributed by atoms with E-state index in [1.54, 1.807) is 0 Å². The molecule has 0 aromatic rings. The van der Waals surface area contributed by atoms with Gasteiger partial charge >= 0.3 is 0 Å². The summed E-state index contributed by atoms with van der Waals surface area (Å²) in [6, 6.07) is 0.150. The highest BCUT2D eigenvalue weighted by Gasteiger charge is 2.41. The Morgan fingerprint density at radius 1 is 1.47 bits per heavy atom. The molecule has 0 unspecified atom stereocenters. The minimum atomic E-state index is -1.75. The van der Waals surface area contributed by atoms with Gasteiger partial charge in [-0.1, -0.05) is 20.8 Å². The largest absolute Gasteiger partial charge is 0.413 e. The summed E-state index contributed by atoms with van der Waals surface area (Å²) in [6.45, 7) is 13.2. The van der Waals surface area contributed by atoms with Crippen LogP contribution in [0.5, 0.6) is 0 Å². The number of hydrazine groups is 1. The monoisotopic (exact) mass is 258 g/mol. The number of likely N-dealkylation sites (N-methyl/N-ethyl adjacent to an activating group) is 1. The molecule has 1 rings (SSSR count). The minimum Gasteiger partial charge on any atom is -0.413 e. The van der Waals surface area contributed by atoms with E-state index in [0.717, 1.165) is 0 Å². The van der Waals surface area contributed by atoms with E-state index >= 15 is 0 Å². The summed E-state index contributed by atoms with van der Waals surface area (Å²) in [4.78, 5) is 11.3. The molecule has 0 spiro atoms. The predicted octanol–water partition coefficient (Wildman–Crippen LogP) is 2.13. The second-order valence-corrected chi connectivity index (χ2v) is 11.3. The Labute approximate surface area is 106 Å². The molecule has 0 saturated carbocycles. The van der Waals surface area contributed by atoms with Crippen molar-refractivity contribution in [2.24, 2.45) is 0 Å². The molecule has 1 saturated heterocycles. The molecular formula is C12H26N2O2Si. The third kappa shape index (κ3) is 3.30. The van der Waals surface area contributed by atoms with Crippen LogP contribution in [0.2, 0.25) is 18.1 Å². The van der Waals surface area contributed by atoms with Crippen LogP contribution in [0.1, 0.15) is 34.1 Å². The van der Waals surface area contributed by atoms with Gasteiger partial charge in [0.2, 0.25) is 5.91 Å². The van der Waals surface area contributed by atoms with Crippen LogP contribution in [0.4, 0.5) is 0 Å². The zero-order valence-electron chi connectivity index (χ0n) is 12.1. The van der Waals surface area contributed by atoms with Crippen molar-refractivity contribution >= 4 is 14.2 Å². The molecule has 1 aliphatic rings. The summed E-state index contributed by atoms with van der Waals surface area (Å²) < 4.78 is 6.31. The van der Waals surface area contributed by atoms with Crippen molar-refractivity contribution in [2.75, 3.05) is 7.05 Å². The summed E-state index contributed by atoms with van der Waals surface area (Å²) in [5.74, 6) is 0.0863. The van der Waals surface area contributed by atoms with Crippen LogP contribution in [-0.4, -0.2) is 38.4 Å². The number of amides is 1. The Morgan fingerprint density at radius 3 is 2.35 bits per heavy atom. The van der Waals surface area contributed by atoms with Gasteiger partial charge < -0.3 is 4.43 Å². The molecule has 1 heterocycles. The summed E-state index contributed by atoms with van der Waals surface area (Å²) in [5, 5.41) is 2.08. The van der Waals surface area contributed by atoms with E-state index in [9.17, 15) is 4.79 Å². The van der Waals surface area contributed by atoms with Gasteiger partial charge in [-0.05, 0) is 25.1 Å². The Hall–Kier alpha value is -0.393. The molecule has 100 valence electrons. The van der Waals surface area contributed by atoms with E-state index in [0.29, 0.717) is 6.42 Å². The quantitative estimate of drug-likeness (QED) is 0.789. The Balaban J connectivity index is 2.66. The molecule has 4 nitrogen and oxygen atoms in total. The molecular weight excluding hydrogens is 232 g/mol. The topological polar surface area (TPSA) is 41.6 Å². The fraction of sp³-hybridized carbons (Fsp3) is 0.917. The zero-order valence-corrected chi connectivity index (χ0v) is 13.1. The zero-order chi connectivity index (χ0) is 13.4. The predicted molar refractivity (Wildman–Crippen MR) is 72.1 cm³/mol. The standard InChI is InChI=1S/C12H26N2O2Si/c1-9(10-8-11(15)13-14(10)5)16-17(6,7)12(2,3)4/h9-10H,8H2,1-7H3,(H,13,15)/t9-,10+/m0/s1. The van der Waals surface area contributed by atoms with Gasteiger partial charge in [0.15, 0.2) is 8.32 Å². The fourth-order valence-corrected chi connectivity index (χ4v) is 3.29. The number of hydrogen-bond acceptors (Lipinski definition) is 3. The molecule has 0 radical (unpaired) electrons. The molecule has 2 atom stereocenters. The molecule has 0 aromatic carbocycles. The van der Waals surface area contributed by atoms with E-state index in [4.69, 9.17) is 4.43 Å². The third-order valence-electron chi connectivity index (χ3n) is 4.02. The molecule has 1 amide bonds.